The van der Waals surface area contributed by atoms with Crippen LogP contribution >= 0.6 is 11.5 Å². The van der Waals surface area contributed by atoms with E-state index in [1.807, 2.05) is 0 Å². The fourth-order valence-corrected chi connectivity index (χ4v) is 3.63. The zero-order chi connectivity index (χ0) is 15.6. The monoisotopic (exact) mass is 330 g/mol. The van der Waals surface area contributed by atoms with Crippen LogP contribution in [-0.2, 0) is 6.42 Å². The van der Waals surface area contributed by atoms with Crippen molar-refractivity contribution in [2.24, 2.45) is 0 Å². The van der Waals surface area contributed by atoms with Gasteiger partial charge in [0.05, 0.1) is 6.33 Å². The second-order valence-electron chi connectivity index (χ2n) is 5.47. The first kappa shape index (κ1) is 14.3. The number of nitrogens with zero attached hydrogens (tertiary/aromatic N) is 7. The van der Waals surface area contributed by atoms with Crippen LogP contribution in [0.1, 0.15) is 19.2 Å². The topological polar surface area (TPSA) is 86.7 Å². The van der Waals surface area contributed by atoms with E-state index in [2.05, 4.69) is 46.0 Å². The number of aryl methyl sites for hydroxylation is 1. The zero-order valence-electron chi connectivity index (χ0n) is 12.9. The van der Waals surface area contributed by atoms with E-state index in [0.29, 0.717) is 5.65 Å². The molecule has 1 saturated heterocycles. The molecule has 120 valence electrons. The van der Waals surface area contributed by atoms with Gasteiger partial charge >= 0.3 is 0 Å². The predicted molar refractivity (Wildman–Crippen MR) is 90.0 cm³/mol. The highest BCUT2D eigenvalue weighted by Crippen LogP contribution is 2.23. The van der Waals surface area contributed by atoms with Gasteiger partial charge in [-0.2, -0.15) is 4.37 Å². The summed E-state index contributed by atoms with van der Waals surface area (Å²) in [7, 11) is 0. The molecule has 9 heteroatoms. The van der Waals surface area contributed by atoms with E-state index in [4.69, 9.17) is 0 Å². The van der Waals surface area contributed by atoms with Crippen LogP contribution in [0.3, 0.4) is 0 Å². The number of H-pyrrole nitrogens is 1. The Morgan fingerprint density at radius 2 is 2.00 bits per heavy atom. The summed E-state index contributed by atoms with van der Waals surface area (Å²) in [6.45, 7) is 5.85. The van der Waals surface area contributed by atoms with Gasteiger partial charge in [0, 0.05) is 44.1 Å². The molecule has 23 heavy (non-hydrogen) atoms. The molecular weight excluding hydrogens is 312 g/mol. The first-order chi connectivity index (χ1) is 11.3. The number of aromatic nitrogens is 6. The lowest BCUT2D eigenvalue weighted by Gasteiger charge is -2.22. The average Bonchev–Trinajstić information content (AvgIpc) is 3.19. The second-order valence-corrected chi connectivity index (χ2v) is 6.20. The molecular formula is C14H18N8S. The molecule has 0 atom stereocenters. The minimum absolute atomic E-state index is 0.716. The molecule has 0 spiro atoms. The van der Waals surface area contributed by atoms with E-state index in [1.54, 1.807) is 12.7 Å². The average molecular weight is 330 g/mol. The minimum atomic E-state index is 0.716. The van der Waals surface area contributed by atoms with Gasteiger partial charge in [-0.05, 0) is 6.42 Å². The number of nitrogens with one attached hydrogen (secondary N) is 1. The van der Waals surface area contributed by atoms with Crippen molar-refractivity contribution in [2.75, 3.05) is 36.0 Å². The van der Waals surface area contributed by atoms with Crippen molar-refractivity contribution >= 4 is 33.6 Å². The fourth-order valence-electron chi connectivity index (χ4n) is 2.83. The molecule has 0 aromatic carbocycles. The second kappa shape index (κ2) is 6.07. The van der Waals surface area contributed by atoms with E-state index < -0.39 is 0 Å². The van der Waals surface area contributed by atoms with Crippen LogP contribution in [0, 0.1) is 0 Å². The van der Waals surface area contributed by atoms with Gasteiger partial charge in [-0.3, -0.25) is 0 Å². The molecule has 0 saturated carbocycles. The third kappa shape index (κ3) is 2.72. The van der Waals surface area contributed by atoms with Crippen LogP contribution in [0.25, 0.3) is 11.2 Å². The lowest BCUT2D eigenvalue weighted by molar-refractivity contribution is 0.797. The first-order valence-corrected chi connectivity index (χ1v) is 8.59. The summed E-state index contributed by atoms with van der Waals surface area (Å²) in [6, 6.07) is 0. The molecule has 4 rings (SSSR count). The lowest BCUT2D eigenvalue weighted by atomic mass is 10.3. The molecule has 1 N–H and O–H groups in total. The summed E-state index contributed by atoms with van der Waals surface area (Å²) in [6.07, 6.45) is 5.19. The quantitative estimate of drug-likeness (QED) is 0.778. The maximum Gasteiger partial charge on any atom is 0.205 e. The summed E-state index contributed by atoms with van der Waals surface area (Å²) in [5.74, 6) is 1.86. The summed E-state index contributed by atoms with van der Waals surface area (Å²) < 4.78 is 4.39. The highest BCUT2D eigenvalue weighted by Gasteiger charge is 2.20. The first-order valence-electron chi connectivity index (χ1n) is 7.81. The Balaban J connectivity index is 1.54. The van der Waals surface area contributed by atoms with Crippen LogP contribution in [0.5, 0.6) is 0 Å². The molecule has 0 bridgehead atoms. The van der Waals surface area contributed by atoms with Gasteiger partial charge in [0.2, 0.25) is 5.13 Å². The van der Waals surface area contributed by atoms with E-state index in [9.17, 15) is 0 Å². The summed E-state index contributed by atoms with van der Waals surface area (Å²) in [5.41, 5.74) is 1.62. The maximum atomic E-state index is 4.61. The predicted octanol–water partition coefficient (Wildman–Crippen LogP) is 1.48. The van der Waals surface area contributed by atoms with E-state index >= 15 is 0 Å². The number of fused-ring (bicyclic) bond motifs is 1. The molecule has 0 radical (unpaired) electrons. The highest BCUT2D eigenvalue weighted by atomic mass is 32.1. The SMILES string of the molecule is CCc1nsc(N2CCCN(c3ncnc4nc[nH]c34)CC2)n1. The van der Waals surface area contributed by atoms with Crippen molar-refractivity contribution in [1.29, 1.82) is 0 Å². The van der Waals surface area contributed by atoms with Gasteiger partial charge in [-0.15, -0.1) is 0 Å². The van der Waals surface area contributed by atoms with Crippen molar-refractivity contribution < 1.29 is 0 Å². The van der Waals surface area contributed by atoms with Crippen LogP contribution < -0.4 is 9.80 Å². The standard InChI is InChI=1S/C14H18N8S/c1-2-10-19-14(23-20-10)22-5-3-4-21(6-7-22)13-11-12(16-8-15-11)17-9-18-13/h8-9H,2-7H2,1H3,(H,15,16,17,18). The Labute approximate surface area is 137 Å². The number of rotatable bonds is 3. The zero-order valence-corrected chi connectivity index (χ0v) is 13.8. The number of anilines is 2. The van der Waals surface area contributed by atoms with Gasteiger partial charge in [0.1, 0.15) is 17.7 Å². The Morgan fingerprint density at radius 1 is 1.13 bits per heavy atom. The highest BCUT2D eigenvalue weighted by molar-refractivity contribution is 7.09. The van der Waals surface area contributed by atoms with Gasteiger partial charge in [0.15, 0.2) is 11.5 Å². The Hall–Kier alpha value is -2.29. The molecule has 0 unspecified atom stereocenters. The third-order valence-electron chi connectivity index (χ3n) is 4.04. The van der Waals surface area contributed by atoms with Crippen molar-refractivity contribution in [3.63, 3.8) is 0 Å². The summed E-state index contributed by atoms with van der Waals surface area (Å²) in [4.78, 5) is 25.2. The van der Waals surface area contributed by atoms with Crippen molar-refractivity contribution in [3.8, 4) is 0 Å². The molecule has 4 heterocycles. The van der Waals surface area contributed by atoms with Crippen LogP contribution in [0.4, 0.5) is 10.9 Å². The van der Waals surface area contributed by atoms with Crippen LogP contribution in [0.2, 0.25) is 0 Å². The molecule has 1 aliphatic rings. The van der Waals surface area contributed by atoms with Crippen molar-refractivity contribution in [1.82, 2.24) is 29.3 Å². The Morgan fingerprint density at radius 3 is 2.87 bits per heavy atom. The Bertz CT molecular complexity index is 797. The third-order valence-corrected chi connectivity index (χ3v) is 4.86. The smallest absolute Gasteiger partial charge is 0.205 e. The maximum absolute atomic E-state index is 4.61. The van der Waals surface area contributed by atoms with Gasteiger partial charge < -0.3 is 14.8 Å². The lowest BCUT2D eigenvalue weighted by Crippen LogP contribution is -2.31. The van der Waals surface area contributed by atoms with E-state index in [-0.39, 0.29) is 0 Å². The molecule has 0 aliphatic carbocycles. The van der Waals surface area contributed by atoms with Crippen molar-refractivity contribution in [2.45, 2.75) is 19.8 Å². The Kier molecular flexibility index (Phi) is 3.78. The fraction of sp³-hybridized carbons (Fsp3) is 0.500. The number of hydrogen-bond donors (Lipinski definition) is 1. The van der Waals surface area contributed by atoms with Gasteiger partial charge in [0.25, 0.3) is 0 Å². The van der Waals surface area contributed by atoms with E-state index in [0.717, 1.165) is 61.3 Å². The normalized spacial score (nSPS) is 16.0. The molecule has 0 amide bonds. The van der Waals surface area contributed by atoms with Crippen molar-refractivity contribution in [3.05, 3.63) is 18.5 Å². The molecule has 1 fully saturated rings. The number of hydrogen-bond acceptors (Lipinski definition) is 8. The summed E-state index contributed by atoms with van der Waals surface area (Å²) >= 11 is 1.50. The molecule has 8 nitrogen and oxygen atoms in total. The van der Waals surface area contributed by atoms with Crippen LogP contribution in [0.15, 0.2) is 12.7 Å². The molecule has 3 aromatic rings. The molecule has 3 aromatic heterocycles. The minimum Gasteiger partial charge on any atom is -0.353 e. The molecule has 1 aliphatic heterocycles. The van der Waals surface area contributed by atoms with Gasteiger partial charge in [-0.1, -0.05) is 6.92 Å². The largest absolute Gasteiger partial charge is 0.353 e. The van der Waals surface area contributed by atoms with Crippen LogP contribution in [-0.4, -0.2) is 55.5 Å². The van der Waals surface area contributed by atoms with Gasteiger partial charge in [-0.25, -0.2) is 19.9 Å². The number of aromatic amines is 1. The summed E-state index contributed by atoms with van der Waals surface area (Å²) in [5, 5.41) is 1.03. The number of imidazole rings is 1. The van der Waals surface area contributed by atoms with E-state index in [1.165, 1.54) is 11.5 Å².